The summed E-state index contributed by atoms with van der Waals surface area (Å²) < 4.78 is 13.8. The fraction of sp³-hybridized carbons (Fsp3) is 0.500. The third-order valence-corrected chi connectivity index (χ3v) is 3.97. The zero-order chi connectivity index (χ0) is 16.1. The summed E-state index contributed by atoms with van der Waals surface area (Å²) in [4.78, 5) is 15.7. The highest BCUT2D eigenvalue weighted by Gasteiger charge is 2.18. The lowest BCUT2D eigenvalue weighted by Gasteiger charge is -2.24. The highest BCUT2D eigenvalue weighted by atomic mass is 19.1. The van der Waals surface area contributed by atoms with Crippen LogP contribution in [0.15, 0.2) is 18.2 Å². The average Bonchev–Trinajstić information content (AvgIpc) is 3.00. The molecule has 0 aromatic heterocycles. The van der Waals surface area contributed by atoms with E-state index in [0.717, 1.165) is 31.6 Å². The van der Waals surface area contributed by atoms with Crippen molar-refractivity contribution in [2.45, 2.75) is 32.2 Å². The molecule has 0 aliphatic carbocycles. The van der Waals surface area contributed by atoms with Gasteiger partial charge in [0.15, 0.2) is 0 Å². The van der Waals surface area contributed by atoms with Gasteiger partial charge < -0.3 is 15.1 Å². The number of urea groups is 1. The molecule has 0 spiro atoms. The topological polar surface area (TPSA) is 59.4 Å². The quantitative estimate of drug-likeness (QED) is 0.929. The zero-order valence-corrected chi connectivity index (χ0v) is 13.0. The van der Waals surface area contributed by atoms with E-state index in [0.29, 0.717) is 5.69 Å². The van der Waals surface area contributed by atoms with Crippen LogP contribution in [0.3, 0.4) is 0 Å². The summed E-state index contributed by atoms with van der Waals surface area (Å²) in [6.45, 7) is 3.62. The summed E-state index contributed by atoms with van der Waals surface area (Å²) in [6.07, 6.45) is 2.46. The molecule has 1 aliphatic rings. The zero-order valence-electron chi connectivity index (χ0n) is 13.0. The van der Waals surface area contributed by atoms with Crippen LogP contribution in [-0.4, -0.2) is 37.1 Å². The minimum Gasteiger partial charge on any atom is -0.371 e. The molecule has 1 N–H and O–H groups in total. The highest BCUT2D eigenvalue weighted by Crippen LogP contribution is 2.25. The number of carbonyl (C=O) groups is 1. The third kappa shape index (κ3) is 3.88. The van der Waals surface area contributed by atoms with Gasteiger partial charge in [-0.25, -0.2) is 9.18 Å². The van der Waals surface area contributed by atoms with Crippen molar-refractivity contribution in [3.8, 4) is 6.07 Å². The number of halogens is 1. The molecule has 0 unspecified atom stereocenters. The van der Waals surface area contributed by atoms with Crippen LogP contribution in [0.4, 0.5) is 20.6 Å². The van der Waals surface area contributed by atoms with E-state index in [2.05, 4.69) is 10.2 Å². The Kier molecular flexibility index (Phi) is 5.21. The van der Waals surface area contributed by atoms with E-state index < -0.39 is 0 Å². The predicted molar refractivity (Wildman–Crippen MR) is 84.3 cm³/mol. The molecule has 1 aliphatic heterocycles. The molecule has 1 aromatic rings. The number of benzene rings is 1. The van der Waals surface area contributed by atoms with E-state index in [4.69, 9.17) is 5.26 Å². The van der Waals surface area contributed by atoms with E-state index in [-0.39, 0.29) is 24.3 Å². The maximum absolute atomic E-state index is 13.8. The van der Waals surface area contributed by atoms with E-state index in [9.17, 15) is 9.18 Å². The Balaban J connectivity index is 2.09. The Morgan fingerprint density at radius 3 is 2.77 bits per heavy atom. The minimum absolute atomic E-state index is 0.198. The summed E-state index contributed by atoms with van der Waals surface area (Å²) in [5.74, 6) is -0.368. The van der Waals surface area contributed by atoms with Gasteiger partial charge in [0.05, 0.1) is 12.5 Å². The summed E-state index contributed by atoms with van der Waals surface area (Å²) >= 11 is 0. The monoisotopic (exact) mass is 304 g/mol. The van der Waals surface area contributed by atoms with Gasteiger partial charge in [-0.15, -0.1) is 0 Å². The summed E-state index contributed by atoms with van der Waals surface area (Å²) in [5.41, 5.74) is 1.23. The van der Waals surface area contributed by atoms with Gasteiger partial charge in [-0.2, -0.15) is 5.26 Å². The Morgan fingerprint density at radius 2 is 2.14 bits per heavy atom. The van der Waals surface area contributed by atoms with Crippen LogP contribution >= 0.6 is 0 Å². The van der Waals surface area contributed by atoms with Gasteiger partial charge in [-0.3, -0.25) is 0 Å². The number of hydrogen-bond donors (Lipinski definition) is 1. The smallest absolute Gasteiger partial charge is 0.321 e. The number of nitriles is 1. The molecule has 1 heterocycles. The molecule has 0 saturated carbocycles. The van der Waals surface area contributed by atoms with Crippen molar-refractivity contribution < 1.29 is 9.18 Å². The van der Waals surface area contributed by atoms with Gasteiger partial charge >= 0.3 is 6.03 Å². The molecule has 6 heteroatoms. The summed E-state index contributed by atoms with van der Waals surface area (Å²) in [6, 6.07) is 6.07. The Labute approximate surface area is 130 Å². The first-order chi connectivity index (χ1) is 10.5. The molecule has 2 rings (SSSR count). The lowest BCUT2D eigenvalue weighted by Crippen LogP contribution is -2.38. The van der Waals surface area contributed by atoms with Crippen LogP contribution in [0, 0.1) is 17.1 Å². The van der Waals surface area contributed by atoms with Gasteiger partial charge in [0.25, 0.3) is 0 Å². The average molecular weight is 304 g/mol. The second-order valence-corrected chi connectivity index (χ2v) is 5.64. The first-order valence-corrected chi connectivity index (χ1v) is 7.47. The van der Waals surface area contributed by atoms with Crippen LogP contribution < -0.4 is 10.2 Å². The van der Waals surface area contributed by atoms with Crippen molar-refractivity contribution in [1.29, 1.82) is 5.26 Å². The van der Waals surface area contributed by atoms with Gasteiger partial charge in [-0.05, 0) is 38.0 Å². The largest absolute Gasteiger partial charge is 0.371 e. The van der Waals surface area contributed by atoms with Crippen LogP contribution in [0.25, 0.3) is 0 Å². The molecule has 118 valence electrons. The van der Waals surface area contributed by atoms with Crippen LogP contribution in [0.1, 0.15) is 26.2 Å². The molecule has 0 radical (unpaired) electrons. The standard InChI is InChI=1S/C16H21FN4O/c1-12(5-6-18)20(2)16(22)19-14-9-13(17)10-15(11-14)21-7-3-4-8-21/h9-12H,3-5,7-8H2,1-2H3,(H,19,22)/t12-/m0/s1. The predicted octanol–water partition coefficient (Wildman–Crippen LogP) is 3.19. The van der Waals surface area contributed by atoms with Crippen molar-refractivity contribution in [1.82, 2.24) is 4.90 Å². The summed E-state index contributed by atoms with van der Waals surface area (Å²) in [7, 11) is 1.62. The fourth-order valence-corrected chi connectivity index (χ4v) is 2.49. The number of rotatable bonds is 4. The first-order valence-electron chi connectivity index (χ1n) is 7.47. The van der Waals surface area contributed by atoms with Gasteiger partial charge in [0.2, 0.25) is 0 Å². The van der Waals surface area contributed by atoms with Crippen molar-refractivity contribution in [2.24, 2.45) is 0 Å². The maximum atomic E-state index is 13.8. The number of amides is 2. The number of hydrogen-bond acceptors (Lipinski definition) is 3. The molecule has 1 saturated heterocycles. The summed E-state index contributed by atoms with van der Waals surface area (Å²) in [5, 5.41) is 11.4. The van der Waals surface area contributed by atoms with E-state index >= 15 is 0 Å². The Hall–Kier alpha value is -2.29. The number of nitrogens with zero attached hydrogens (tertiary/aromatic N) is 3. The lowest BCUT2D eigenvalue weighted by molar-refractivity contribution is 0.208. The normalized spacial score (nSPS) is 15.3. The second-order valence-electron chi connectivity index (χ2n) is 5.64. The first kappa shape index (κ1) is 16.1. The maximum Gasteiger partial charge on any atom is 0.321 e. The molecule has 5 nitrogen and oxygen atoms in total. The SMILES string of the molecule is C[C@@H](CC#N)N(C)C(=O)Nc1cc(F)cc(N2CCCC2)c1. The van der Waals surface area contributed by atoms with Crippen molar-refractivity contribution in [3.63, 3.8) is 0 Å². The third-order valence-electron chi connectivity index (χ3n) is 3.97. The molecule has 22 heavy (non-hydrogen) atoms. The Morgan fingerprint density at radius 1 is 1.45 bits per heavy atom. The van der Waals surface area contributed by atoms with Crippen LogP contribution in [0.5, 0.6) is 0 Å². The van der Waals surface area contributed by atoms with Crippen molar-refractivity contribution >= 4 is 17.4 Å². The van der Waals surface area contributed by atoms with Crippen molar-refractivity contribution in [2.75, 3.05) is 30.4 Å². The molecule has 1 atom stereocenters. The molecule has 1 fully saturated rings. The van der Waals surface area contributed by atoms with Crippen LogP contribution in [0.2, 0.25) is 0 Å². The van der Waals surface area contributed by atoms with E-state index in [1.165, 1.54) is 17.0 Å². The molecular weight excluding hydrogens is 283 g/mol. The second kappa shape index (κ2) is 7.12. The number of nitrogens with one attached hydrogen (secondary N) is 1. The van der Waals surface area contributed by atoms with Crippen molar-refractivity contribution in [3.05, 3.63) is 24.0 Å². The van der Waals surface area contributed by atoms with Crippen LogP contribution in [-0.2, 0) is 0 Å². The molecule has 2 amide bonds. The number of carbonyl (C=O) groups excluding carboxylic acids is 1. The minimum atomic E-state index is -0.368. The lowest BCUT2D eigenvalue weighted by atomic mass is 10.2. The van der Waals surface area contributed by atoms with Gasteiger partial charge in [0, 0.05) is 37.6 Å². The van der Waals surface area contributed by atoms with Gasteiger partial charge in [0.1, 0.15) is 5.82 Å². The fourth-order valence-electron chi connectivity index (χ4n) is 2.49. The molecular formula is C16H21FN4O. The molecule has 1 aromatic carbocycles. The Bertz CT molecular complexity index is 578. The van der Waals surface area contributed by atoms with E-state index in [1.807, 2.05) is 6.07 Å². The van der Waals surface area contributed by atoms with E-state index in [1.54, 1.807) is 20.0 Å². The number of anilines is 2. The highest BCUT2D eigenvalue weighted by molar-refractivity contribution is 5.90. The van der Waals surface area contributed by atoms with Gasteiger partial charge in [-0.1, -0.05) is 0 Å². The molecule has 0 bridgehead atoms.